The van der Waals surface area contributed by atoms with Gasteiger partial charge in [0.05, 0.1) is 6.54 Å². The Morgan fingerprint density at radius 3 is 3.06 bits per heavy atom. The fraction of sp³-hybridized carbons (Fsp3) is 0.182. The van der Waals surface area contributed by atoms with Crippen molar-refractivity contribution in [3.8, 4) is 0 Å². The van der Waals surface area contributed by atoms with Gasteiger partial charge in [-0.1, -0.05) is 0 Å². The molecule has 3 rings (SSSR count). The second kappa shape index (κ2) is 3.58. The Hall–Kier alpha value is -2.37. The number of furan rings is 1. The number of fused-ring (bicyclic) bond motifs is 1. The number of carbonyl (C=O) groups excluding carboxylic acids is 2. The maximum Gasteiger partial charge on any atom is 0.322 e. The number of nitrogens with zero attached hydrogens (tertiary/aromatic N) is 1. The number of amides is 3. The highest BCUT2D eigenvalue weighted by molar-refractivity contribution is 6.04. The van der Waals surface area contributed by atoms with E-state index in [4.69, 9.17) is 4.42 Å². The Bertz CT molecular complexity index is 556. The summed E-state index contributed by atoms with van der Waals surface area (Å²) in [6, 6.07) is 0.505. The van der Waals surface area contributed by atoms with Crippen LogP contribution < -0.4 is 10.6 Å². The third kappa shape index (κ3) is 1.63. The third-order valence-electron chi connectivity index (χ3n) is 2.62. The maximum atomic E-state index is 11.5. The predicted octanol–water partition coefficient (Wildman–Crippen LogP) is 0.758. The van der Waals surface area contributed by atoms with E-state index in [-0.39, 0.29) is 0 Å². The SMILES string of the molecule is O=C1NC(=O)C(c2cc3c(o2)C=CC=NC3)N1. The van der Waals surface area contributed by atoms with Gasteiger partial charge in [0.15, 0.2) is 6.04 Å². The van der Waals surface area contributed by atoms with Gasteiger partial charge in [0.1, 0.15) is 11.5 Å². The third-order valence-corrected chi connectivity index (χ3v) is 2.62. The number of nitrogens with one attached hydrogen (secondary N) is 2. The summed E-state index contributed by atoms with van der Waals surface area (Å²) >= 11 is 0. The number of urea groups is 1. The molecule has 2 aliphatic heterocycles. The van der Waals surface area contributed by atoms with Crippen LogP contribution in [0.25, 0.3) is 6.08 Å². The molecular formula is C11H9N3O3. The lowest BCUT2D eigenvalue weighted by Gasteiger charge is -2.01. The number of rotatable bonds is 1. The fourth-order valence-corrected chi connectivity index (χ4v) is 1.83. The minimum atomic E-state index is -0.744. The monoisotopic (exact) mass is 231 g/mol. The van der Waals surface area contributed by atoms with Crippen LogP contribution in [0, 0.1) is 0 Å². The molecule has 1 unspecified atom stereocenters. The van der Waals surface area contributed by atoms with Gasteiger partial charge in [0.2, 0.25) is 0 Å². The highest BCUT2D eigenvalue weighted by atomic mass is 16.3. The van der Waals surface area contributed by atoms with Gasteiger partial charge < -0.3 is 9.73 Å². The van der Waals surface area contributed by atoms with Crippen LogP contribution in [0.2, 0.25) is 0 Å². The molecule has 0 aliphatic carbocycles. The van der Waals surface area contributed by atoms with Crippen molar-refractivity contribution in [2.45, 2.75) is 12.6 Å². The topological polar surface area (TPSA) is 83.7 Å². The van der Waals surface area contributed by atoms with Crippen molar-refractivity contribution in [3.63, 3.8) is 0 Å². The Balaban J connectivity index is 1.95. The van der Waals surface area contributed by atoms with Crippen molar-refractivity contribution in [1.82, 2.24) is 10.6 Å². The Morgan fingerprint density at radius 1 is 1.41 bits per heavy atom. The number of imide groups is 1. The zero-order chi connectivity index (χ0) is 11.8. The van der Waals surface area contributed by atoms with E-state index in [1.165, 1.54) is 0 Å². The first-order valence-corrected chi connectivity index (χ1v) is 5.14. The molecule has 1 atom stereocenters. The molecule has 1 saturated heterocycles. The van der Waals surface area contributed by atoms with Crippen molar-refractivity contribution < 1.29 is 14.0 Å². The molecule has 0 bridgehead atoms. The molecule has 6 nitrogen and oxygen atoms in total. The van der Waals surface area contributed by atoms with Gasteiger partial charge in [-0.05, 0) is 18.2 Å². The summed E-state index contributed by atoms with van der Waals surface area (Å²) in [5.74, 6) is 0.706. The molecule has 86 valence electrons. The highest BCUT2D eigenvalue weighted by Gasteiger charge is 2.34. The molecule has 0 aromatic carbocycles. The zero-order valence-electron chi connectivity index (χ0n) is 8.77. The van der Waals surface area contributed by atoms with Crippen molar-refractivity contribution in [3.05, 3.63) is 29.2 Å². The number of carbonyl (C=O) groups is 2. The molecule has 17 heavy (non-hydrogen) atoms. The second-order valence-corrected chi connectivity index (χ2v) is 3.78. The average molecular weight is 231 g/mol. The van der Waals surface area contributed by atoms with Crippen molar-refractivity contribution >= 4 is 24.2 Å². The van der Waals surface area contributed by atoms with E-state index in [1.54, 1.807) is 24.4 Å². The molecule has 0 radical (unpaired) electrons. The number of hydrogen-bond acceptors (Lipinski definition) is 4. The largest absolute Gasteiger partial charge is 0.459 e. The highest BCUT2D eigenvalue weighted by Crippen LogP contribution is 2.25. The number of allylic oxidation sites excluding steroid dienone is 1. The smallest absolute Gasteiger partial charge is 0.322 e. The number of hydrogen-bond donors (Lipinski definition) is 2. The van der Waals surface area contributed by atoms with Gasteiger partial charge in [-0.2, -0.15) is 0 Å². The Kier molecular flexibility index (Phi) is 2.07. The molecule has 0 spiro atoms. The zero-order valence-corrected chi connectivity index (χ0v) is 8.77. The molecule has 0 saturated carbocycles. The second-order valence-electron chi connectivity index (χ2n) is 3.78. The molecule has 2 aliphatic rings. The van der Waals surface area contributed by atoms with Gasteiger partial charge in [-0.25, -0.2) is 4.79 Å². The molecule has 3 heterocycles. The van der Waals surface area contributed by atoms with Gasteiger partial charge in [0.25, 0.3) is 5.91 Å². The molecule has 2 N–H and O–H groups in total. The molecule has 1 aromatic rings. The lowest BCUT2D eigenvalue weighted by atomic mass is 10.2. The van der Waals surface area contributed by atoms with Gasteiger partial charge in [0, 0.05) is 11.8 Å². The molecule has 3 amide bonds. The van der Waals surface area contributed by atoms with E-state index in [2.05, 4.69) is 15.6 Å². The summed E-state index contributed by atoms with van der Waals surface area (Å²) in [7, 11) is 0. The van der Waals surface area contributed by atoms with E-state index in [0.29, 0.717) is 18.1 Å². The summed E-state index contributed by atoms with van der Waals surface area (Å²) in [5.41, 5.74) is 0.902. The number of aliphatic imine (C=N–C) groups is 1. The quantitative estimate of drug-likeness (QED) is 0.700. The Labute approximate surface area is 96.4 Å². The van der Waals surface area contributed by atoms with E-state index in [1.807, 2.05) is 0 Å². The van der Waals surface area contributed by atoms with Gasteiger partial charge in [-0.15, -0.1) is 0 Å². The first-order valence-electron chi connectivity index (χ1n) is 5.14. The summed E-state index contributed by atoms with van der Waals surface area (Å²) in [6.45, 7) is 0.508. The first-order chi connectivity index (χ1) is 8.24. The molecule has 1 fully saturated rings. The molecule has 6 heteroatoms. The first kappa shape index (κ1) is 9.83. The minimum absolute atomic E-state index is 0.397. The summed E-state index contributed by atoms with van der Waals surface area (Å²) in [5, 5.41) is 4.65. The van der Waals surface area contributed by atoms with Gasteiger partial charge >= 0.3 is 6.03 Å². The van der Waals surface area contributed by atoms with Crippen LogP contribution in [-0.2, 0) is 11.3 Å². The van der Waals surface area contributed by atoms with Crippen LogP contribution in [0.15, 0.2) is 21.6 Å². The van der Waals surface area contributed by atoms with Crippen molar-refractivity contribution in [1.29, 1.82) is 0 Å². The van der Waals surface area contributed by atoms with Crippen LogP contribution in [0.3, 0.4) is 0 Å². The van der Waals surface area contributed by atoms with E-state index < -0.39 is 18.0 Å². The van der Waals surface area contributed by atoms with E-state index in [9.17, 15) is 9.59 Å². The van der Waals surface area contributed by atoms with E-state index >= 15 is 0 Å². The predicted molar refractivity (Wildman–Crippen MR) is 59.4 cm³/mol. The fourth-order valence-electron chi connectivity index (χ4n) is 1.83. The summed E-state index contributed by atoms with van der Waals surface area (Å²) in [6.07, 6.45) is 5.25. The van der Waals surface area contributed by atoms with Crippen LogP contribution in [0.4, 0.5) is 4.79 Å². The normalized spacial score (nSPS) is 22.0. The van der Waals surface area contributed by atoms with E-state index in [0.717, 1.165) is 5.56 Å². The Morgan fingerprint density at radius 2 is 2.29 bits per heavy atom. The van der Waals surface area contributed by atoms with Crippen LogP contribution in [0.1, 0.15) is 23.1 Å². The van der Waals surface area contributed by atoms with Crippen LogP contribution in [0.5, 0.6) is 0 Å². The summed E-state index contributed by atoms with van der Waals surface area (Å²) < 4.78 is 5.55. The summed E-state index contributed by atoms with van der Waals surface area (Å²) in [4.78, 5) is 26.6. The lowest BCUT2D eigenvalue weighted by Crippen LogP contribution is -2.22. The molecule has 1 aromatic heterocycles. The van der Waals surface area contributed by atoms with Gasteiger partial charge in [-0.3, -0.25) is 15.1 Å². The maximum absolute atomic E-state index is 11.5. The minimum Gasteiger partial charge on any atom is -0.459 e. The van der Waals surface area contributed by atoms with Crippen LogP contribution in [-0.4, -0.2) is 18.2 Å². The standard InChI is InChI=1S/C11H9N3O3/c15-10-9(13-11(16)14-10)8-4-6-5-12-3-1-2-7(6)17-8/h1-4,9H,5H2,(H2,13,14,15,16). The van der Waals surface area contributed by atoms with Crippen molar-refractivity contribution in [2.24, 2.45) is 4.99 Å². The average Bonchev–Trinajstić information content (AvgIpc) is 2.76. The van der Waals surface area contributed by atoms with Crippen LogP contribution >= 0.6 is 0 Å². The molecular weight excluding hydrogens is 222 g/mol. The lowest BCUT2D eigenvalue weighted by molar-refractivity contribution is -0.120. The van der Waals surface area contributed by atoms with Crippen molar-refractivity contribution in [2.75, 3.05) is 0 Å².